The van der Waals surface area contributed by atoms with E-state index < -0.39 is 6.04 Å². The van der Waals surface area contributed by atoms with Crippen LogP contribution in [0.3, 0.4) is 0 Å². The van der Waals surface area contributed by atoms with Gasteiger partial charge in [-0.3, -0.25) is 19.0 Å². The van der Waals surface area contributed by atoms with Gasteiger partial charge in [0.15, 0.2) is 0 Å². The first-order valence-electron chi connectivity index (χ1n) is 13.0. The number of benzene rings is 2. The highest BCUT2D eigenvalue weighted by Gasteiger charge is 2.40. The second-order valence-electron chi connectivity index (χ2n) is 9.66. The molecule has 8 nitrogen and oxygen atoms in total. The van der Waals surface area contributed by atoms with Crippen molar-refractivity contribution >= 4 is 40.0 Å². The Balaban J connectivity index is 1.44. The zero-order valence-corrected chi connectivity index (χ0v) is 22.7. The standard InChI is InChI=1S/C30H32N4O4S/c1-38-23-9-10-26-25(16-23)22(11-13-31)19-34(26)28(35)17-27-30(37)32(18-21-6-3-2-4-7-21)20-29(36)33(27)14-12-24-8-5-15-39-24/h2-10,15-16,19,27H,11-14,17-18,20,31H2,1H3. The second kappa shape index (κ2) is 11.8. The average Bonchev–Trinajstić information content (AvgIpc) is 3.60. The summed E-state index contributed by atoms with van der Waals surface area (Å²) in [6, 6.07) is 18.2. The van der Waals surface area contributed by atoms with E-state index in [0.717, 1.165) is 26.9 Å². The van der Waals surface area contributed by atoms with Gasteiger partial charge in [-0.15, -0.1) is 11.3 Å². The molecule has 39 heavy (non-hydrogen) atoms. The van der Waals surface area contributed by atoms with Crippen molar-refractivity contribution in [2.75, 3.05) is 26.7 Å². The molecule has 1 unspecified atom stereocenters. The van der Waals surface area contributed by atoms with Crippen LogP contribution in [0.25, 0.3) is 10.9 Å². The third-order valence-electron chi connectivity index (χ3n) is 7.16. The number of hydrogen-bond donors (Lipinski definition) is 1. The number of carbonyl (C=O) groups excluding carboxylic acids is 3. The van der Waals surface area contributed by atoms with Crippen LogP contribution in [0.4, 0.5) is 0 Å². The second-order valence-corrected chi connectivity index (χ2v) is 10.7. The molecule has 1 fully saturated rings. The Hall–Kier alpha value is -3.95. The summed E-state index contributed by atoms with van der Waals surface area (Å²) >= 11 is 1.61. The van der Waals surface area contributed by atoms with Gasteiger partial charge in [-0.05, 0) is 60.2 Å². The first-order valence-corrected chi connectivity index (χ1v) is 13.9. The summed E-state index contributed by atoms with van der Waals surface area (Å²) in [4.78, 5) is 45.3. The van der Waals surface area contributed by atoms with E-state index in [2.05, 4.69) is 0 Å². The van der Waals surface area contributed by atoms with Gasteiger partial charge in [0, 0.05) is 29.5 Å². The highest BCUT2D eigenvalue weighted by Crippen LogP contribution is 2.28. The molecular weight excluding hydrogens is 512 g/mol. The Morgan fingerprint density at radius 3 is 2.62 bits per heavy atom. The topological polar surface area (TPSA) is 97.9 Å². The molecule has 0 spiro atoms. The summed E-state index contributed by atoms with van der Waals surface area (Å²) in [6.07, 6.45) is 2.92. The van der Waals surface area contributed by atoms with Crippen LogP contribution in [0.2, 0.25) is 0 Å². The SMILES string of the molecule is COc1ccc2c(c1)c(CCN)cn2C(=O)CC1C(=O)N(Cc2ccccc2)CC(=O)N1CCc1cccs1. The molecule has 1 atom stereocenters. The fourth-order valence-electron chi connectivity index (χ4n) is 5.18. The lowest BCUT2D eigenvalue weighted by Crippen LogP contribution is -2.60. The molecule has 2 aromatic heterocycles. The van der Waals surface area contributed by atoms with Crippen molar-refractivity contribution in [2.45, 2.75) is 31.8 Å². The van der Waals surface area contributed by atoms with Gasteiger partial charge in [-0.2, -0.15) is 0 Å². The van der Waals surface area contributed by atoms with Crippen molar-refractivity contribution in [3.63, 3.8) is 0 Å². The van der Waals surface area contributed by atoms with Crippen molar-refractivity contribution in [3.8, 4) is 5.75 Å². The van der Waals surface area contributed by atoms with E-state index in [1.807, 2.05) is 66.0 Å². The summed E-state index contributed by atoms with van der Waals surface area (Å²) in [6.45, 7) is 1.13. The van der Waals surface area contributed by atoms with Gasteiger partial charge < -0.3 is 20.3 Å². The van der Waals surface area contributed by atoms with Crippen LogP contribution in [0.1, 0.15) is 27.2 Å². The van der Waals surface area contributed by atoms with Crippen LogP contribution in [0.15, 0.2) is 72.2 Å². The summed E-state index contributed by atoms with van der Waals surface area (Å²) in [5, 5.41) is 2.88. The minimum absolute atomic E-state index is 0.00421. The maximum absolute atomic E-state index is 13.8. The molecule has 2 aromatic carbocycles. The Kier molecular flexibility index (Phi) is 8.09. The van der Waals surface area contributed by atoms with Crippen molar-refractivity contribution < 1.29 is 19.1 Å². The summed E-state index contributed by atoms with van der Waals surface area (Å²) in [5.74, 6) is 0.0849. The molecule has 0 aliphatic carbocycles. The summed E-state index contributed by atoms with van der Waals surface area (Å²) in [5.41, 5.74) is 8.44. The fraction of sp³-hybridized carbons (Fsp3) is 0.300. The molecule has 0 radical (unpaired) electrons. The predicted molar refractivity (Wildman–Crippen MR) is 152 cm³/mol. The third kappa shape index (κ3) is 5.74. The molecule has 1 saturated heterocycles. The van der Waals surface area contributed by atoms with Gasteiger partial charge in [0.05, 0.1) is 19.0 Å². The fourth-order valence-corrected chi connectivity index (χ4v) is 5.88. The molecule has 0 bridgehead atoms. The number of rotatable bonds is 10. The third-order valence-corrected chi connectivity index (χ3v) is 8.10. The molecule has 202 valence electrons. The van der Waals surface area contributed by atoms with E-state index in [4.69, 9.17) is 10.5 Å². The molecule has 2 amide bonds. The molecule has 4 aromatic rings. The minimum atomic E-state index is -0.879. The van der Waals surface area contributed by atoms with E-state index >= 15 is 0 Å². The molecule has 0 saturated carbocycles. The van der Waals surface area contributed by atoms with Gasteiger partial charge in [0.25, 0.3) is 0 Å². The van der Waals surface area contributed by atoms with Crippen LogP contribution in [-0.4, -0.2) is 64.9 Å². The Morgan fingerprint density at radius 2 is 1.90 bits per heavy atom. The van der Waals surface area contributed by atoms with Gasteiger partial charge >= 0.3 is 0 Å². The van der Waals surface area contributed by atoms with E-state index in [0.29, 0.717) is 38.2 Å². The maximum atomic E-state index is 13.8. The quantitative estimate of drug-likeness (QED) is 0.328. The highest BCUT2D eigenvalue weighted by molar-refractivity contribution is 7.09. The number of hydrogen-bond acceptors (Lipinski definition) is 6. The molecule has 5 rings (SSSR count). The van der Waals surface area contributed by atoms with Crippen molar-refractivity contribution in [1.29, 1.82) is 0 Å². The predicted octanol–water partition coefficient (Wildman–Crippen LogP) is 3.73. The normalized spacial score (nSPS) is 15.8. The Morgan fingerprint density at radius 1 is 1.08 bits per heavy atom. The van der Waals surface area contributed by atoms with Gasteiger partial charge in [-0.1, -0.05) is 36.4 Å². The summed E-state index contributed by atoms with van der Waals surface area (Å²) in [7, 11) is 1.60. The molecular formula is C30H32N4O4S. The van der Waals surface area contributed by atoms with Crippen molar-refractivity contribution in [2.24, 2.45) is 5.73 Å². The van der Waals surface area contributed by atoms with E-state index in [-0.39, 0.29) is 30.7 Å². The number of amides is 2. The van der Waals surface area contributed by atoms with Crippen LogP contribution in [0.5, 0.6) is 5.75 Å². The first-order chi connectivity index (χ1) is 19.0. The van der Waals surface area contributed by atoms with E-state index in [9.17, 15) is 14.4 Å². The van der Waals surface area contributed by atoms with Crippen molar-refractivity contribution in [1.82, 2.24) is 14.4 Å². The van der Waals surface area contributed by atoms with Crippen molar-refractivity contribution in [3.05, 3.63) is 88.2 Å². The van der Waals surface area contributed by atoms with E-state index in [1.54, 1.807) is 39.0 Å². The number of methoxy groups -OCH3 is 1. The minimum Gasteiger partial charge on any atom is -0.497 e. The zero-order valence-electron chi connectivity index (χ0n) is 21.9. The van der Waals surface area contributed by atoms with Crippen LogP contribution >= 0.6 is 11.3 Å². The molecule has 1 aliphatic rings. The number of piperazine rings is 1. The highest BCUT2D eigenvalue weighted by atomic mass is 32.1. The van der Waals surface area contributed by atoms with Crippen LogP contribution < -0.4 is 10.5 Å². The summed E-state index contributed by atoms with van der Waals surface area (Å²) < 4.78 is 6.97. The maximum Gasteiger partial charge on any atom is 0.246 e. The molecule has 2 N–H and O–H groups in total. The zero-order chi connectivity index (χ0) is 27.4. The smallest absolute Gasteiger partial charge is 0.246 e. The van der Waals surface area contributed by atoms with E-state index in [1.165, 1.54) is 0 Å². The number of aromatic nitrogens is 1. The molecule has 9 heteroatoms. The number of carbonyl (C=O) groups is 3. The largest absolute Gasteiger partial charge is 0.497 e. The van der Waals surface area contributed by atoms with Gasteiger partial charge in [-0.25, -0.2) is 0 Å². The molecule has 1 aliphatic heterocycles. The van der Waals surface area contributed by atoms with Gasteiger partial charge in [0.1, 0.15) is 18.3 Å². The Labute approximate surface area is 231 Å². The number of thiophene rings is 1. The average molecular weight is 545 g/mol. The lowest BCUT2D eigenvalue weighted by atomic mass is 10.0. The monoisotopic (exact) mass is 544 g/mol. The Bertz CT molecular complexity index is 1470. The number of ether oxygens (including phenoxy) is 1. The van der Waals surface area contributed by atoms with Crippen LogP contribution in [-0.2, 0) is 29.0 Å². The van der Waals surface area contributed by atoms with Gasteiger partial charge in [0.2, 0.25) is 17.7 Å². The lowest BCUT2D eigenvalue weighted by Gasteiger charge is -2.40. The number of nitrogens with two attached hydrogens (primary N) is 1. The molecule has 3 heterocycles. The number of nitrogens with zero attached hydrogens (tertiary/aromatic N) is 3. The first kappa shape index (κ1) is 26.6. The number of fused-ring (bicyclic) bond motifs is 1. The lowest BCUT2D eigenvalue weighted by molar-refractivity contribution is -0.156. The van der Waals surface area contributed by atoms with Crippen LogP contribution in [0, 0.1) is 0 Å².